The predicted octanol–water partition coefficient (Wildman–Crippen LogP) is -1.26. The van der Waals surface area contributed by atoms with Crippen molar-refractivity contribution in [3.8, 4) is 0 Å². The third-order valence-electron chi connectivity index (χ3n) is 3.84. The number of aliphatic hydroxyl groups excluding tert-OH is 1. The molecule has 0 bridgehead atoms. The second kappa shape index (κ2) is 6.08. The van der Waals surface area contributed by atoms with Crippen LogP contribution >= 0.6 is 0 Å². The van der Waals surface area contributed by atoms with Gasteiger partial charge >= 0.3 is 12.0 Å². The van der Waals surface area contributed by atoms with Crippen LogP contribution in [0.2, 0.25) is 0 Å². The highest BCUT2D eigenvalue weighted by molar-refractivity contribution is 5.78. The SMILES string of the molecule is O=C1CCC2CN(C(=O)NCC(O)C(=O)O)CCC2N1. The van der Waals surface area contributed by atoms with Crippen molar-refractivity contribution < 1.29 is 24.6 Å². The van der Waals surface area contributed by atoms with Crippen molar-refractivity contribution >= 4 is 17.9 Å². The van der Waals surface area contributed by atoms with Crippen molar-refractivity contribution in [1.29, 1.82) is 0 Å². The Bertz CT molecular complexity index is 414. The summed E-state index contributed by atoms with van der Waals surface area (Å²) >= 11 is 0. The summed E-state index contributed by atoms with van der Waals surface area (Å²) in [5, 5.41) is 23.0. The molecule has 0 aromatic heterocycles. The number of aliphatic carboxylic acids is 1. The zero-order valence-electron chi connectivity index (χ0n) is 11.0. The Kier molecular flexibility index (Phi) is 4.43. The number of amides is 3. The maximum absolute atomic E-state index is 11.9. The van der Waals surface area contributed by atoms with Crippen LogP contribution in [-0.4, -0.2) is 64.8 Å². The first-order valence-electron chi connectivity index (χ1n) is 6.70. The Labute approximate surface area is 116 Å². The maximum Gasteiger partial charge on any atom is 0.334 e. The van der Waals surface area contributed by atoms with Gasteiger partial charge in [-0.2, -0.15) is 0 Å². The molecule has 20 heavy (non-hydrogen) atoms. The number of nitrogens with one attached hydrogen (secondary N) is 2. The minimum Gasteiger partial charge on any atom is -0.479 e. The van der Waals surface area contributed by atoms with E-state index in [2.05, 4.69) is 10.6 Å². The van der Waals surface area contributed by atoms with Crippen LogP contribution in [0.15, 0.2) is 0 Å². The third kappa shape index (κ3) is 3.38. The van der Waals surface area contributed by atoms with Gasteiger partial charge in [-0.1, -0.05) is 0 Å². The number of hydrogen-bond acceptors (Lipinski definition) is 4. The number of aliphatic hydroxyl groups is 1. The van der Waals surface area contributed by atoms with Crippen molar-refractivity contribution in [3.63, 3.8) is 0 Å². The van der Waals surface area contributed by atoms with Gasteiger partial charge in [-0.3, -0.25) is 4.79 Å². The lowest BCUT2D eigenvalue weighted by molar-refractivity contribution is -0.146. The number of carbonyl (C=O) groups excluding carboxylic acids is 2. The Balaban J connectivity index is 1.81. The summed E-state index contributed by atoms with van der Waals surface area (Å²) in [6.07, 6.45) is 0.350. The molecule has 0 saturated carbocycles. The quantitative estimate of drug-likeness (QED) is 0.516. The molecule has 112 valence electrons. The van der Waals surface area contributed by atoms with Gasteiger partial charge in [0.1, 0.15) is 0 Å². The second-order valence-corrected chi connectivity index (χ2v) is 5.25. The first-order valence-corrected chi connectivity index (χ1v) is 6.70. The normalized spacial score (nSPS) is 27.2. The van der Waals surface area contributed by atoms with E-state index in [1.165, 1.54) is 0 Å². The Hall–Kier alpha value is -1.83. The largest absolute Gasteiger partial charge is 0.479 e. The molecule has 0 aliphatic carbocycles. The highest BCUT2D eigenvalue weighted by atomic mass is 16.4. The van der Waals surface area contributed by atoms with E-state index in [9.17, 15) is 14.4 Å². The molecule has 2 fully saturated rings. The highest BCUT2D eigenvalue weighted by Gasteiger charge is 2.35. The van der Waals surface area contributed by atoms with Gasteiger partial charge in [0.05, 0.1) is 6.54 Å². The van der Waals surface area contributed by atoms with Crippen molar-refractivity contribution in [2.45, 2.75) is 31.4 Å². The summed E-state index contributed by atoms with van der Waals surface area (Å²) in [5.41, 5.74) is 0. The molecular weight excluding hydrogens is 266 g/mol. The molecule has 3 amide bonds. The van der Waals surface area contributed by atoms with Gasteiger partial charge in [-0.15, -0.1) is 0 Å². The molecule has 2 aliphatic rings. The average molecular weight is 285 g/mol. The number of nitrogens with zero attached hydrogens (tertiary/aromatic N) is 1. The van der Waals surface area contributed by atoms with Gasteiger partial charge in [0.15, 0.2) is 6.10 Å². The number of likely N-dealkylation sites (tertiary alicyclic amines) is 1. The lowest BCUT2D eigenvalue weighted by atomic mass is 9.85. The first kappa shape index (κ1) is 14.6. The Morgan fingerprint density at radius 1 is 1.45 bits per heavy atom. The molecule has 0 spiro atoms. The number of piperidine rings is 2. The maximum atomic E-state index is 11.9. The summed E-state index contributed by atoms with van der Waals surface area (Å²) in [4.78, 5) is 35.2. The fraction of sp³-hybridized carbons (Fsp3) is 0.750. The molecule has 2 saturated heterocycles. The molecule has 4 N–H and O–H groups in total. The number of fused-ring (bicyclic) bond motifs is 1. The summed E-state index contributed by atoms with van der Waals surface area (Å²) in [6, 6.07) is -0.245. The smallest absolute Gasteiger partial charge is 0.334 e. The predicted molar refractivity (Wildman–Crippen MR) is 67.9 cm³/mol. The van der Waals surface area contributed by atoms with Crippen LogP contribution in [0.1, 0.15) is 19.3 Å². The number of carboxylic acid groups (broad SMARTS) is 1. The molecule has 0 radical (unpaired) electrons. The minimum absolute atomic E-state index is 0.0636. The van der Waals surface area contributed by atoms with E-state index < -0.39 is 12.1 Å². The average Bonchev–Trinajstić information content (AvgIpc) is 2.43. The van der Waals surface area contributed by atoms with Gasteiger partial charge in [0.25, 0.3) is 0 Å². The van der Waals surface area contributed by atoms with Gasteiger partial charge in [0.2, 0.25) is 5.91 Å². The van der Waals surface area contributed by atoms with E-state index in [1.807, 2.05) is 0 Å². The van der Waals surface area contributed by atoms with E-state index in [0.29, 0.717) is 25.9 Å². The van der Waals surface area contributed by atoms with Crippen molar-refractivity contribution in [3.05, 3.63) is 0 Å². The second-order valence-electron chi connectivity index (χ2n) is 5.25. The van der Waals surface area contributed by atoms with Crippen LogP contribution in [0.4, 0.5) is 4.79 Å². The zero-order valence-corrected chi connectivity index (χ0v) is 11.0. The molecule has 8 nitrogen and oxygen atoms in total. The molecule has 8 heteroatoms. The summed E-state index contributed by atoms with van der Waals surface area (Å²) in [7, 11) is 0. The molecule has 3 atom stereocenters. The van der Waals surface area contributed by atoms with Gasteiger partial charge in [0, 0.05) is 25.6 Å². The van der Waals surface area contributed by atoms with Crippen LogP contribution in [-0.2, 0) is 9.59 Å². The van der Waals surface area contributed by atoms with Crippen LogP contribution in [0.5, 0.6) is 0 Å². The van der Waals surface area contributed by atoms with E-state index in [0.717, 1.165) is 6.42 Å². The van der Waals surface area contributed by atoms with Gasteiger partial charge < -0.3 is 25.7 Å². The topological polar surface area (TPSA) is 119 Å². The molecular formula is C12H19N3O5. The number of rotatable bonds is 3. The van der Waals surface area contributed by atoms with E-state index in [4.69, 9.17) is 10.2 Å². The molecule has 3 unspecified atom stereocenters. The van der Waals surface area contributed by atoms with Gasteiger partial charge in [-0.25, -0.2) is 9.59 Å². The highest BCUT2D eigenvalue weighted by Crippen LogP contribution is 2.25. The number of urea groups is 1. The lowest BCUT2D eigenvalue weighted by Crippen LogP contribution is -2.57. The van der Waals surface area contributed by atoms with Crippen LogP contribution in [0.3, 0.4) is 0 Å². The zero-order chi connectivity index (χ0) is 14.7. The first-order chi connectivity index (χ1) is 9.47. The van der Waals surface area contributed by atoms with E-state index in [-0.39, 0.29) is 30.4 Å². The standard InChI is InChI=1S/C12H19N3O5/c16-9(11(18)19)5-13-12(20)15-4-3-8-7(6-15)1-2-10(17)14-8/h7-9,16H,1-6H2,(H,13,20)(H,14,17)(H,18,19). The number of hydrogen-bond donors (Lipinski definition) is 4. The van der Waals surface area contributed by atoms with Gasteiger partial charge in [-0.05, 0) is 18.8 Å². The van der Waals surface area contributed by atoms with Crippen LogP contribution in [0, 0.1) is 5.92 Å². The molecule has 0 aromatic carbocycles. The fourth-order valence-electron chi connectivity index (χ4n) is 2.68. The number of carbonyl (C=O) groups is 3. The van der Waals surface area contributed by atoms with Crippen LogP contribution in [0.25, 0.3) is 0 Å². The Morgan fingerprint density at radius 3 is 2.90 bits per heavy atom. The summed E-state index contributed by atoms with van der Waals surface area (Å²) < 4.78 is 0. The van der Waals surface area contributed by atoms with E-state index in [1.54, 1.807) is 4.90 Å². The van der Waals surface area contributed by atoms with Crippen molar-refractivity contribution in [1.82, 2.24) is 15.5 Å². The molecule has 2 heterocycles. The minimum atomic E-state index is -1.59. The Morgan fingerprint density at radius 2 is 2.20 bits per heavy atom. The fourth-order valence-corrected chi connectivity index (χ4v) is 2.68. The van der Waals surface area contributed by atoms with E-state index >= 15 is 0 Å². The molecule has 2 rings (SSSR count). The van der Waals surface area contributed by atoms with Crippen molar-refractivity contribution in [2.24, 2.45) is 5.92 Å². The number of carboxylic acids is 1. The lowest BCUT2D eigenvalue weighted by Gasteiger charge is -2.41. The van der Waals surface area contributed by atoms with Crippen molar-refractivity contribution in [2.75, 3.05) is 19.6 Å². The summed E-state index contributed by atoms with van der Waals surface area (Å²) in [5.74, 6) is -1.05. The monoisotopic (exact) mass is 285 g/mol. The summed E-state index contributed by atoms with van der Waals surface area (Å²) in [6.45, 7) is 0.742. The third-order valence-corrected chi connectivity index (χ3v) is 3.84. The van der Waals surface area contributed by atoms with Crippen LogP contribution < -0.4 is 10.6 Å². The molecule has 0 aromatic rings. The molecule has 2 aliphatic heterocycles.